The van der Waals surface area contributed by atoms with Crippen molar-refractivity contribution in [3.8, 4) is 5.75 Å². The molecule has 0 fully saturated rings. The van der Waals surface area contributed by atoms with Gasteiger partial charge in [-0.1, -0.05) is 48.9 Å². The standard InChI is InChI=1S/C18H22ClNO/c1-2-13-21-18-11-10-16(14-17(18)19)20-12-6-9-15-7-4-3-5-8-15/h3-5,7-8,10-11,14,20H,2,6,9,12-13H2,1H3. The molecule has 21 heavy (non-hydrogen) atoms. The highest BCUT2D eigenvalue weighted by Gasteiger charge is 2.02. The molecule has 0 unspecified atom stereocenters. The number of hydrogen-bond donors (Lipinski definition) is 1. The predicted molar refractivity (Wildman–Crippen MR) is 90.5 cm³/mol. The fraction of sp³-hybridized carbons (Fsp3) is 0.333. The first kappa shape index (κ1) is 15.7. The lowest BCUT2D eigenvalue weighted by atomic mass is 10.1. The normalized spacial score (nSPS) is 10.4. The van der Waals surface area contributed by atoms with Crippen LogP contribution in [0.25, 0.3) is 0 Å². The zero-order valence-corrected chi connectivity index (χ0v) is 13.2. The molecule has 0 heterocycles. The maximum absolute atomic E-state index is 6.21. The summed E-state index contributed by atoms with van der Waals surface area (Å²) in [6.07, 6.45) is 3.16. The van der Waals surface area contributed by atoms with Crippen molar-refractivity contribution in [2.75, 3.05) is 18.5 Å². The van der Waals surface area contributed by atoms with E-state index in [0.717, 1.165) is 37.2 Å². The second kappa shape index (κ2) is 8.58. The van der Waals surface area contributed by atoms with Crippen LogP contribution in [-0.2, 0) is 6.42 Å². The lowest BCUT2D eigenvalue weighted by Crippen LogP contribution is -2.03. The number of benzene rings is 2. The molecule has 2 aromatic carbocycles. The Kier molecular flexibility index (Phi) is 6.42. The van der Waals surface area contributed by atoms with Crippen LogP contribution in [0.15, 0.2) is 48.5 Å². The van der Waals surface area contributed by atoms with E-state index < -0.39 is 0 Å². The number of hydrogen-bond acceptors (Lipinski definition) is 2. The molecule has 112 valence electrons. The van der Waals surface area contributed by atoms with E-state index in [9.17, 15) is 0 Å². The van der Waals surface area contributed by atoms with Crippen LogP contribution in [0.1, 0.15) is 25.3 Å². The summed E-state index contributed by atoms with van der Waals surface area (Å²) in [6, 6.07) is 16.4. The van der Waals surface area contributed by atoms with Gasteiger partial charge in [0, 0.05) is 12.2 Å². The molecule has 0 amide bonds. The van der Waals surface area contributed by atoms with E-state index in [2.05, 4.69) is 36.5 Å². The summed E-state index contributed by atoms with van der Waals surface area (Å²) in [4.78, 5) is 0. The van der Waals surface area contributed by atoms with Gasteiger partial charge in [-0.3, -0.25) is 0 Å². The predicted octanol–water partition coefficient (Wildman–Crippen LogP) is 5.17. The van der Waals surface area contributed by atoms with Crippen LogP contribution < -0.4 is 10.1 Å². The highest BCUT2D eigenvalue weighted by Crippen LogP contribution is 2.27. The van der Waals surface area contributed by atoms with E-state index in [-0.39, 0.29) is 0 Å². The van der Waals surface area contributed by atoms with E-state index in [1.807, 2.05) is 24.3 Å². The average molecular weight is 304 g/mol. The SMILES string of the molecule is CCCOc1ccc(NCCCc2ccccc2)cc1Cl. The van der Waals surface area contributed by atoms with Crippen LogP contribution in [0.4, 0.5) is 5.69 Å². The van der Waals surface area contributed by atoms with Crippen LogP contribution in [0.5, 0.6) is 5.75 Å². The summed E-state index contributed by atoms with van der Waals surface area (Å²) in [5.74, 6) is 0.758. The Morgan fingerprint density at radius 3 is 2.62 bits per heavy atom. The van der Waals surface area contributed by atoms with E-state index in [1.165, 1.54) is 5.56 Å². The second-order valence-corrected chi connectivity index (χ2v) is 5.42. The third-order valence-electron chi connectivity index (χ3n) is 3.21. The van der Waals surface area contributed by atoms with Crippen molar-refractivity contribution >= 4 is 17.3 Å². The van der Waals surface area contributed by atoms with Gasteiger partial charge in [-0.15, -0.1) is 0 Å². The minimum atomic E-state index is 0.663. The van der Waals surface area contributed by atoms with Crippen molar-refractivity contribution < 1.29 is 4.74 Å². The molecule has 2 nitrogen and oxygen atoms in total. The Morgan fingerprint density at radius 2 is 1.90 bits per heavy atom. The van der Waals surface area contributed by atoms with Gasteiger partial charge < -0.3 is 10.1 Å². The minimum absolute atomic E-state index is 0.663. The van der Waals surface area contributed by atoms with Gasteiger partial charge in [0.15, 0.2) is 0 Å². The molecule has 0 aromatic heterocycles. The van der Waals surface area contributed by atoms with Gasteiger partial charge in [0.05, 0.1) is 11.6 Å². The lowest BCUT2D eigenvalue weighted by molar-refractivity contribution is 0.317. The molecule has 3 heteroatoms. The summed E-state index contributed by atoms with van der Waals surface area (Å²) >= 11 is 6.21. The van der Waals surface area contributed by atoms with Crippen LogP contribution in [0, 0.1) is 0 Å². The van der Waals surface area contributed by atoms with Gasteiger partial charge in [0.1, 0.15) is 5.75 Å². The number of nitrogens with one attached hydrogen (secondary N) is 1. The molecule has 0 spiro atoms. The van der Waals surface area contributed by atoms with Crippen molar-refractivity contribution in [2.45, 2.75) is 26.2 Å². The van der Waals surface area contributed by atoms with Gasteiger partial charge in [-0.05, 0) is 43.0 Å². The first-order valence-corrected chi connectivity index (χ1v) is 7.87. The topological polar surface area (TPSA) is 21.3 Å². The summed E-state index contributed by atoms with van der Waals surface area (Å²) in [5, 5.41) is 4.06. The Hall–Kier alpha value is -1.67. The molecule has 2 aromatic rings. The third kappa shape index (κ3) is 5.31. The van der Waals surface area contributed by atoms with Crippen LogP contribution in [-0.4, -0.2) is 13.2 Å². The number of aryl methyl sites for hydroxylation is 1. The van der Waals surface area contributed by atoms with Crippen LogP contribution in [0.3, 0.4) is 0 Å². The van der Waals surface area contributed by atoms with Crippen molar-refractivity contribution in [2.24, 2.45) is 0 Å². The smallest absolute Gasteiger partial charge is 0.138 e. The van der Waals surface area contributed by atoms with E-state index in [0.29, 0.717) is 11.6 Å². The van der Waals surface area contributed by atoms with E-state index in [1.54, 1.807) is 0 Å². The molecule has 1 N–H and O–H groups in total. The molecule has 0 saturated carbocycles. The number of ether oxygens (including phenoxy) is 1. The fourth-order valence-electron chi connectivity index (χ4n) is 2.11. The van der Waals surface area contributed by atoms with Gasteiger partial charge >= 0.3 is 0 Å². The highest BCUT2D eigenvalue weighted by atomic mass is 35.5. The summed E-state index contributed by atoms with van der Waals surface area (Å²) in [6.45, 7) is 3.71. The van der Waals surface area contributed by atoms with E-state index in [4.69, 9.17) is 16.3 Å². The largest absolute Gasteiger partial charge is 0.492 e. The van der Waals surface area contributed by atoms with Gasteiger partial charge in [0.2, 0.25) is 0 Å². The Morgan fingerprint density at radius 1 is 1.10 bits per heavy atom. The molecule has 0 radical (unpaired) electrons. The first-order valence-electron chi connectivity index (χ1n) is 7.49. The minimum Gasteiger partial charge on any atom is -0.492 e. The molecule has 2 rings (SSSR count). The lowest BCUT2D eigenvalue weighted by Gasteiger charge is -2.10. The zero-order valence-electron chi connectivity index (χ0n) is 12.4. The molecular formula is C18H22ClNO. The van der Waals surface area contributed by atoms with Crippen LogP contribution >= 0.6 is 11.6 Å². The quantitative estimate of drug-likeness (QED) is 0.679. The van der Waals surface area contributed by atoms with Gasteiger partial charge in [-0.25, -0.2) is 0 Å². The monoisotopic (exact) mass is 303 g/mol. The number of anilines is 1. The molecular weight excluding hydrogens is 282 g/mol. The average Bonchev–Trinajstić information content (AvgIpc) is 2.52. The Balaban J connectivity index is 1.77. The number of halogens is 1. The Bertz CT molecular complexity index is 542. The van der Waals surface area contributed by atoms with Crippen molar-refractivity contribution in [1.29, 1.82) is 0 Å². The zero-order chi connectivity index (χ0) is 14.9. The maximum atomic E-state index is 6.21. The summed E-state index contributed by atoms with van der Waals surface area (Å²) in [5.41, 5.74) is 2.41. The highest BCUT2D eigenvalue weighted by molar-refractivity contribution is 6.32. The summed E-state index contributed by atoms with van der Waals surface area (Å²) in [7, 11) is 0. The third-order valence-corrected chi connectivity index (χ3v) is 3.50. The number of rotatable bonds is 8. The van der Waals surface area contributed by atoms with Gasteiger partial charge in [-0.2, -0.15) is 0 Å². The molecule has 0 bridgehead atoms. The summed E-state index contributed by atoms with van der Waals surface area (Å²) < 4.78 is 5.56. The maximum Gasteiger partial charge on any atom is 0.138 e. The van der Waals surface area contributed by atoms with Crippen molar-refractivity contribution in [3.63, 3.8) is 0 Å². The molecule has 0 saturated heterocycles. The molecule has 0 atom stereocenters. The fourth-order valence-corrected chi connectivity index (χ4v) is 2.34. The van der Waals surface area contributed by atoms with E-state index >= 15 is 0 Å². The Labute approximate surface area is 132 Å². The van der Waals surface area contributed by atoms with Gasteiger partial charge in [0.25, 0.3) is 0 Å². The van der Waals surface area contributed by atoms with Crippen LogP contribution in [0.2, 0.25) is 5.02 Å². The first-order chi connectivity index (χ1) is 10.3. The van der Waals surface area contributed by atoms with Crippen molar-refractivity contribution in [3.05, 3.63) is 59.1 Å². The second-order valence-electron chi connectivity index (χ2n) is 5.01. The molecule has 0 aliphatic rings. The van der Waals surface area contributed by atoms with Crippen molar-refractivity contribution in [1.82, 2.24) is 0 Å². The molecule has 0 aliphatic carbocycles. The molecule has 0 aliphatic heterocycles.